The van der Waals surface area contributed by atoms with Crippen molar-refractivity contribution in [1.82, 2.24) is 5.32 Å². The molecule has 1 aromatic rings. The first kappa shape index (κ1) is 16.0. The lowest BCUT2D eigenvalue weighted by molar-refractivity contribution is -0.137. The van der Waals surface area contributed by atoms with Gasteiger partial charge in [0.05, 0.1) is 11.7 Å². The standard InChI is InChI=1S/C14H20F3NO/c1-9(2)10(3)18-8-13(19)11-5-4-6-12(7-11)14(15,16)17/h4-7,9-10,13,18-19H,8H2,1-3H3. The van der Waals surface area contributed by atoms with Crippen LogP contribution >= 0.6 is 0 Å². The molecule has 0 fully saturated rings. The average Bonchev–Trinajstić information content (AvgIpc) is 2.34. The van der Waals surface area contributed by atoms with Gasteiger partial charge < -0.3 is 10.4 Å². The molecule has 0 saturated carbocycles. The molecule has 0 aromatic heterocycles. The number of aliphatic hydroxyl groups is 1. The van der Waals surface area contributed by atoms with E-state index in [0.717, 1.165) is 12.1 Å². The minimum absolute atomic E-state index is 0.195. The molecule has 0 radical (unpaired) electrons. The van der Waals surface area contributed by atoms with Crippen molar-refractivity contribution in [3.63, 3.8) is 0 Å². The zero-order valence-corrected chi connectivity index (χ0v) is 11.3. The van der Waals surface area contributed by atoms with Crippen molar-refractivity contribution in [3.05, 3.63) is 35.4 Å². The van der Waals surface area contributed by atoms with Gasteiger partial charge in [0.15, 0.2) is 0 Å². The van der Waals surface area contributed by atoms with Crippen LogP contribution < -0.4 is 5.32 Å². The van der Waals surface area contributed by atoms with E-state index in [9.17, 15) is 18.3 Å². The van der Waals surface area contributed by atoms with E-state index in [-0.39, 0.29) is 18.2 Å². The van der Waals surface area contributed by atoms with E-state index in [1.165, 1.54) is 12.1 Å². The van der Waals surface area contributed by atoms with Gasteiger partial charge in [-0.05, 0) is 30.5 Å². The van der Waals surface area contributed by atoms with Crippen molar-refractivity contribution in [3.8, 4) is 0 Å². The molecular weight excluding hydrogens is 255 g/mol. The summed E-state index contributed by atoms with van der Waals surface area (Å²) in [5, 5.41) is 13.0. The van der Waals surface area contributed by atoms with Crippen LogP contribution in [0.5, 0.6) is 0 Å². The molecule has 0 aliphatic carbocycles. The Morgan fingerprint density at radius 3 is 2.37 bits per heavy atom. The highest BCUT2D eigenvalue weighted by atomic mass is 19.4. The lowest BCUT2D eigenvalue weighted by atomic mass is 10.0. The van der Waals surface area contributed by atoms with Gasteiger partial charge in [-0.1, -0.05) is 26.0 Å². The van der Waals surface area contributed by atoms with Crippen LogP contribution in [0.3, 0.4) is 0 Å². The lowest BCUT2D eigenvalue weighted by Crippen LogP contribution is -2.34. The normalized spacial score (nSPS) is 15.6. The minimum atomic E-state index is -4.38. The van der Waals surface area contributed by atoms with Gasteiger partial charge >= 0.3 is 6.18 Å². The van der Waals surface area contributed by atoms with Gasteiger partial charge in [0.1, 0.15) is 0 Å². The maximum Gasteiger partial charge on any atom is 0.416 e. The molecule has 2 N–H and O–H groups in total. The van der Waals surface area contributed by atoms with E-state index in [0.29, 0.717) is 5.92 Å². The number of hydrogen-bond acceptors (Lipinski definition) is 2. The summed E-state index contributed by atoms with van der Waals surface area (Å²) in [4.78, 5) is 0. The van der Waals surface area contributed by atoms with E-state index >= 15 is 0 Å². The fourth-order valence-corrected chi connectivity index (χ4v) is 1.57. The molecule has 108 valence electrons. The van der Waals surface area contributed by atoms with E-state index in [4.69, 9.17) is 0 Å². The molecule has 0 aliphatic heterocycles. The highest BCUT2D eigenvalue weighted by molar-refractivity contribution is 5.27. The fraction of sp³-hybridized carbons (Fsp3) is 0.571. The summed E-state index contributed by atoms with van der Waals surface area (Å²) in [6, 6.07) is 5.00. The summed E-state index contributed by atoms with van der Waals surface area (Å²) in [6.07, 6.45) is -5.32. The zero-order chi connectivity index (χ0) is 14.6. The van der Waals surface area contributed by atoms with Crippen molar-refractivity contribution >= 4 is 0 Å². The molecule has 2 atom stereocenters. The third kappa shape index (κ3) is 4.84. The second kappa shape index (κ2) is 6.39. The summed E-state index contributed by atoms with van der Waals surface area (Å²) in [5.41, 5.74) is -0.459. The molecule has 0 bridgehead atoms. The Hall–Kier alpha value is -1.07. The van der Waals surface area contributed by atoms with Crippen LogP contribution in [0, 0.1) is 5.92 Å². The first-order valence-electron chi connectivity index (χ1n) is 6.30. The number of aliphatic hydroxyl groups excluding tert-OH is 1. The van der Waals surface area contributed by atoms with E-state index in [2.05, 4.69) is 5.32 Å². The summed E-state index contributed by atoms with van der Waals surface area (Å²) < 4.78 is 37.7. The second-order valence-electron chi connectivity index (χ2n) is 5.08. The van der Waals surface area contributed by atoms with Crippen LogP contribution in [0.1, 0.15) is 38.0 Å². The van der Waals surface area contributed by atoms with E-state index in [1.54, 1.807) is 0 Å². The van der Waals surface area contributed by atoms with Crippen molar-refractivity contribution in [1.29, 1.82) is 0 Å². The lowest BCUT2D eigenvalue weighted by Gasteiger charge is -2.20. The van der Waals surface area contributed by atoms with Crippen LogP contribution in [0.25, 0.3) is 0 Å². The molecule has 0 spiro atoms. The average molecular weight is 275 g/mol. The number of nitrogens with one attached hydrogen (secondary N) is 1. The molecule has 0 aliphatic rings. The smallest absolute Gasteiger partial charge is 0.387 e. The van der Waals surface area contributed by atoms with Gasteiger partial charge in [-0.2, -0.15) is 13.2 Å². The van der Waals surface area contributed by atoms with Crippen LogP contribution in [-0.2, 0) is 6.18 Å². The maximum absolute atomic E-state index is 12.6. The number of halogens is 3. The predicted molar refractivity (Wildman–Crippen MR) is 68.7 cm³/mol. The molecule has 0 heterocycles. The van der Waals surface area contributed by atoms with Crippen molar-refractivity contribution in [2.24, 2.45) is 5.92 Å². The fourth-order valence-electron chi connectivity index (χ4n) is 1.57. The topological polar surface area (TPSA) is 32.3 Å². The first-order chi connectivity index (χ1) is 8.71. The van der Waals surface area contributed by atoms with Gasteiger partial charge in [0.25, 0.3) is 0 Å². The van der Waals surface area contributed by atoms with Gasteiger partial charge in [-0.25, -0.2) is 0 Å². The number of rotatable bonds is 5. The Bertz CT molecular complexity index is 404. The molecule has 2 unspecified atom stereocenters. The highest BCUT2D eigenvalue weighted by Gasteiger charge is 2.30. The largest absolute Gasteiger partial charge is 0.416 e. The van der Waals surface area contributed by atoms with Crippen LogP contribution in [0.4, 0.5) is 13.2 Å². The molecule has 5 heteroatoms. The molecule has 1 rings (SSSR count). The number of alkyl halides is 3. The van der Waals surface area contributed by atoms with Crippen molar-refractivity contribution in [2.75, 3.05) is 6.54 Å². The number of hydrogen-bond donors (Lipinski definition) is 2. The van der Waals surface area contributed by atoms with Crippen LogP contribution in [0.15, 0.2) is 24.3 Å². The Balaban J connectivity index is 2.70. The highest BCUT2D eigenvalue weighted by Crippen LogP contribution is 2.30. The Morgan fingerprint density at radius 1 is 1.21 bits per heavy atom. The molecule has 1 aromatic carbocycles. The Kier molecular flexibility index (Phi) is 5.38. The first-order valence-corrected chi connectivity index (χ1v) is 6.30. The predicted octanol–water partition coefficient (Wildman–Crippen LogP) is 3.37. The van der Waals surface area contributed by atoms with Gasteiger partial charge in [-0.15, -0.1) is 0 Å². The zero-order valence-electron chi connectivity index (χ0n) is 11.3. The second-order valence-corrected chi connectivity index (χ2v) is 5.08. The summed E-state index contributed by atoms with van der Waals surface area (Å²) in [7, 11) is 0. The molecule has 0 amide bonds. The molecule has 0 saturated heterocycles. The summed E-state index contributed by atoms with van der Waals surface area (Å²) in [6.45, 7) is 6.28. The Morgan fingerprint density at radius 2 is 1.84 bits per heavy atom. The number of benzene rings is 1. The van der Waals surface area contributed by atoms with Gasteiger partial charge in [-0.3, -0.25) is 0 Å². The van der Waals surface area contributed by atoms with Gasteiger partial charge in [0.2, 0.25) is 0 Å². The SMILES string of the molecule is CC(C)C(C)NCC(O)c1cccc(C(F)(F)F)c1. The third-order valence-electron chi connectivity index (χ3n) is 3.23. The van der Waals surface area contributed by atoms with Gasteiger partial charge in [0, 0.05) is 12.6 Å². The van der Waals surface area contributed by atoms with Crippen molar-refractivity contribution in [2.45, 2.75) is 39.1 Å². The molecule has 2 nitrogen and oxygen atoms in total. The van der Waals surface area contributed by atoms with Crippen LogP contribution in [0.2, 0.25) is 0 Å². The van der Waals surface area contributed by atoms with Crippen LogP contribution in [-0.4, -0.2) is 17.7 Å². The third-order valence-corrected chi connectivity index (χ3v) is 3.23. The van der Waals surface area contributed by atoms with E-state index in [1.807, 2.05) is 20.8 Å². The Labute approximate surface area is 111 Å². The minimum Gasteiger partial charge on any atom is -0.387 e. The summed E-state index contributed by atoms with van der Waals surface area (Å²) in [5.74, 6) is 0.397. The quantitative estimate of drug-likeness (QED) is 0.863. The monoisotopic (exact) mass is 275 g/mol. The summed E-state index contributed by atoms with van der Waals surface area (Å²) >= 11 is 0. The van der Waals surface area contributed by atoms with Crippen molar-refractivity contribution < 1.29 is 18.3 Å². The maximum atomic E-state index is 12.6. The van der Waals surface area contributed by atoms with E-state index < -0.39 is 17.8 Å². The molecular formula is C14H20F3NO. The molecule has 19 heavy (non-hydrogen) atoms.